The molecule has 2 heterocycles. The summed E-state index contributed by atoms with van der Waals surface area (Å²) in [6.07, 6.45) is -0.434. The molecule has 1 atom stereocenters. The van der Waals surface area contributed by atoms with Crippen LogP contribution in [0.1, 0.15) is 17.8 Å². The molecule has 0 radical (unpaired) electrons. The van der Waals surface area contributed by atoms with Crippen molar-refractivity contribution in [1.82, 2.24) is 14.9 Å². The Balaban J connectivity index is 1.83. The Morgan fingerprint density at radius 3 is 2.83 bits per heavy atom. The molecule has 0 bridgehead atoms. The van der Waals surface area contributed by atoms with E-state index in [0.29, 0.717) is 37.1 Å². The maximum absolute atomic E-state index is 14.4. The highest BCUT2D eigenvalue weighted by atomic mass is 32.2. The number of aromatic nitrogens is 2. The van der Waals surface area contributed by atoms with Gasteiger partial charge in [-0.3, -0.25) is 0 Å². The molecule has 0 spiro atoms. The van der Waals surface area contributed by atoms with Crippen molar-refractivity contribution in [1.29, 1.82) is 0 Å². The number of anilines is 1. The van der Waals surface area contributed by atoms with E-state index in [1.54, 1.807) is 11.8 Å². The lowest BCUT2D eigenvalue weighted by Gasteiger charge is -2.33. The number of ether oxygens (including phenoxy) is 1. The van der Waals surface area contributed by atoms with E-state index in [0.717, 1.165) is 6.07 Å². The molecular formula is C14H17FN4O4S. The van der Waals surface area contributed by atoms with E-state index < -0.39 is 21.9 Å². The highest BCUT2D eigenvalue weighted by molar-refractivity contribution is 7.89. The standard InChI is InChI=1S/C14H17FN4O4S/c1-9-17-14(18-23-9)13-8-19(5-6-22-13)12-4-3-10(7-11(12)15)24(20,21)16-2/h3-4,7,13,16H,5-6,8H2,1-2H3. The van der Waals surface area contributed by atoms with Gasteiger partial charge in [-0.2, -0.15) is 4.98 Å². The first-order chi connectivity index (χ1) is 11.4. The van der Waals surface area contributed by atoms with Gasteiger partial charge in [-0.15, -0.1) is 0 Å². The lowest BCUT2D eigenvalue weighted by atomic mass is 10.2. The normalized spacial score (nSPS) is 18.8. The second-order valence-electron chi connectivity index (χ2n) is 5.30. The second-order valence-corrected chi connectivity index (χ2v) is 7.18. The predicted molar refractivity (Wildman–Crippen MR) is 82.6 cm³/mol. The minimum atomic E-state index is -3.68. The molecule has 0 saturated carbocycles. The van der Waals surface area contributed by atoms with Crippen molar-refractivity contribution < 1.29 is 22.1 Å². The minimum Gasteiger partial charge on any atom is -0.366 e. The highest BCUT2D eigenvalue weighted by Crippen LogP contribution is 2.28. The summed E-state index contributed by atoms with van der Waals surface area (Å²) in [7, 11) is -2.41. The highest BCUT2D eigenvalue weighted by Gasteiger charge is 2.27. The molecule has 24 heavy (non-hydrogen) atoms. The fraction of sp³-hybridized carbons (Fsp3) is 0.429. The Morgan fingerprint density at radius 1 is 1.42 bits per heavy atom. The average Bonchev–Trinajstić information content (AvgIpc) is 3.01. The summed E-state index contributed by atoms with van der Waals surface area (Å²) < 4.78 is 50.6. The molecule has 0 aliphatic carbocycles. The molecule has 1 aliphatic heterocycles. The third kappa shape index (κ3) is 3.25. The fourth-order valence-electron chi connectivity index (χ4n) is 2.50. The van der Waals surface area contributed by atoms with Crippen molar-refractivity contribution in [3.05, 3.63) is 35.7 Å². The topological polar surface area (TPSA) is 97.6 Å². The van der Waals surface area contributed by atoms with E-state index in [-0.39, 0.29) is 4.90 Å². The van der Waals surface area contributed by atoms with E-state index in [4.69, 9.17) is 9.26 Å². The summed E-state index contributed by atoms with van der Waals surface area (Å²) in [5, 5.41) is 3.83. The number of sulfonamides is 1. The molecule has 130 valence electrons. The molecule has 1 N–H and O–H groups in total. The van der Waals surface area contributed by atoms with Gasteiger partial charge in [0.05, 0.1) is 23.7 Å². The first kappa shape index (κ1) is 16.8. The maximum atomic E-state index is 14.4. The molecule has 2 aromatic rings. The smallest absolute Gasteiger partial charge is 0.240 e. The monoisotopic (exact) mass is 356 g/mol. The summed E-state index contributed by atoms with van der Waals surface area (Å²) in [6, 6.07) is 3.82. The Morgan fingerprint density at radius 2 is 2.21 bits per heavy atom. The van der Waals surface area contributed by atoms with E-state index >= 15 is 0 Å². The lowest BCUT2D eigenvalue weighted by Crippen LogP contribution is -2.39. The Labute approximate surface area is 138 Å². The van der Waals surface area contributed by atoms with E-state index in [1.165, 1.54) is 19.2 Å². The van der Waals surface area contributed by atoms with Gasteiger partial charge in [0, 0.05) is 13.5 Å². The molecule has 10 heteroatoms. The quantitative estimate of drug-likeness (QED) is 0.873. The van der Waals surface area contributed by atoms with Gasteiger partial charge in [0.1, 0.15) is 11.9 Å². The number of rotatable bonds is 4. The summed E-state index contributed by atoms with van der Waals surface area (Å²) in [4.78, 5) is 5.78. The largest absolute Gasteiger partial charge is 0.366 e. The van der Waals surface area contributed by atoms with Crippen LogP contribution in [0.3, 0.4) is 0 Å². The minimum absolute atomic E-state index is 0.121. The molecule has 1 saturated heterocycles. The molecule has 3 rings (SSSR count). The van der Waals surface area contributed by atoms with Crippen molar-refractivity contribution in [3.8, 4) is 0 Å². The van der Waals surface area contributed by atoms with Crippen LogP contribution in [0.5, 0.6) is 0 Å². The van der Waals surface area contributed by atoms with E-state index in [9.17, 15) is 12.8 Å². The molecule has 1 aromatic carbocycles. The van der Waals surface area contributed by atoms with Gasteiger partial charge in [-0.1, -0.05) is 5.16 Å². The molecule has 1 aliphatic rings. The van der Waals surface area contributed by atoms with Crippen LogP contribution in [0.4, 0.5) is 10.1 Å². The van der Waals surface area contributed by atoms with Gasteiger partial charge in [0.25, 0.3) is 0 Å². The number of aryl methyl sites for hydroxylation is 1. The Bertz CT molecular complexity index is 839. The van der Waals surface area contributed by atoms with Crippen LogP contribution >= 0.6 is 0 Å². The fourth-order valence-corrected chi connectivity index (χ4v) is 3.24. The van der Waals surface area contributed by atoms with Crippen LogP contribution in [0, 0.1) is 12.7 Å². The molecule has 1 aromatic heterocycles. The zero-order valence-corrected chi connectivity index (χ0v) is 14.0. The number of benzene rings is 1. The number of morpholine rings is 1. The van der Waals surface area contributed by atoms with Crippen molar-refractivity contribution >= 4 is 15.7 Å². The second kappa shape index (κ2) is 6.46. The lowest BCUT2D eigenvalue weighted by molar-refractivity contribution is 0.0324. The van der Waals surface area contributed by atoms with Crippen LogP contribution < -0.4 is 9.62 Å². The molecule has 8 nitrogen and oxygen atoms in total. The van der Waals surface area contributed by atoms with Crippen LogP contribution in [-0.2, 0) is 14.8 Å². The zero-order valence-electron chi connectivity index (χ0n) is 13.2. The van der Waals surface area contributed by atoms with Gasteiger partial charge >= 0.3 is 0 Å². The van der Waals surface area contributed by atoms with Gasteiger partial charge in [0.15, 0.2) is 0 Å². The summed E-state index contributed by atoms with van der Waals surface area (Å²) in [6.45, 7) is 2.86. The van der Waals surface area contributed by atoms with Crippen molar-refractivity contribution in [2.45, 2.75) is 17.9 Å². The molecule has 0 amide bonds. The van der Waals surface area contributed by atoms with Gasteiger partial charge in [-0.25, -0.2) is 17.5 Å². The van der Waals surface area contributed by atoms with Crippen molar-refractivity contribution in [3.63, 3.8) is 0 Å². The number of hydrogen-bond donors (Lipinski definition) is 1. The van der Waals surface area contributed by atoms with Crippen LogP contribution in [-0.4, -0.2) is 45.3 Å². The first-order valence-corrected chi connectivity index (χ1v) is 8.79. The van der Waals surface area contributed by atoms with Crippen LogP contribution in [0.25, 0.3) is 0 Å². The van der Waals surface area contributed by atoms with Gasteiger partial charge in [0.2, 0.25) is 21.7 Å². The molecule has 1 unspecified atom stereocenters. The molecular weight excluding hydrogens is 339 g/mol. The SMILES string of the molecule is CNS(=O)(=O)c1ccc(N2CCOC(c3noc(C)n3)C2)c(F)c1. The summed E-state index contributed by atoms with van der Waals surface area (Å²) in [5.74, 6) is 0.224. The van der Waals surface area contributed by atoms with Crippen molar-refractivity contribution in [2.75, 3.05) is 31.6 Å². The maximum Gasteiger partial charge on any atom is 0.240 e. The zero-order chi connectivity index (χ0) is 17.3. The first-order valence-electron chi connectivity index (χ1n) is 7.30. The Hall–Kier alpha value is -2.04. The Kier molecular flexibility index (Phi) is 4.52. The number of hydrogen-bond acceptors (Lipinski definition) is 7. The van der Waals surface area contributed by atoms with Crippen LogP contribution in [0.2, 0.25) is 0 Å². The predicted octanol–water partition coefficient (Wildman–Crippen LogP) is 1.00. The average molecular weight is 356 g/mol. The molecule has 1 fully saturated rings. The van der Waals surface area contributed by atoms with E-state index in [2.05, 4.69) is 14.9 Å². The van der Waals surface area contributed by atoms with Gasteiger partial charge < -0.3 is 14.2 Å². The number of nitrogens with zero attached hydrogens (tertiary/aromatic N) is 3. The van der Waals surface area contributed by atoms with Crippen molar-refractivity contribution in [2.24, 2.45) is 0 Å². The van der Waals surface area contributed by atoms with Crippen LogP contribution in [0.15, 0.2) is 27.6 Å². The number of nitrogens with one attached hydrogen (secondary N) is 1. The van der Waals surface area contributed by atoms with Gasteiger partial charge in [-0.05, 0) is 25.2 Å². The number of halogens is 1. The van der Waals surface area contributed by atoms with E-state index in [1.807, 2.05) is 0 Å². The summed E-state index contributed by atoms with van der Waals surface area (Å²) in [5.41, 5.74) is 0.304. The third-order valence-electron chi connectivity index (χ3n) is 3.74. The third-order valence-corrected chi connectivity index (χ3v) is 5.15. The summed E-state index contributed by atoms with van der Waals surface area (Å²) >= 11 is 0.